The average Bonchev–Trinajstić information content (AvgIpc) is 2.27. The van der Waals surface area contributed by atoms with Gasteiger partial charge in [0.05, 0.1) is 0 Å². The molecule has 0 aliphatic carbocycles. The molecule has 0 N–H and O–H groups in total. The highest BCUT2D eigenvalue weighted by molar-refractivity contribution is 5.75. The first kappa shape index (κ1) is 10.3. The highest BCUT2D eigenvalue weighted by Crippen LogP contribution is 2.19. The molecule has 0 atom stereocenters. The molecule has 0 aliphatic rings. The SMILES string of the molecule is C=CC(=C)c1cc(C=C)cc(C=C)c1. The van der Waals surface area contributed by atoms with Crippen LogP contribution in [0.4, 0.5) is 0 Å². The molecular formula is C14H14. The van der Waals surface area contributed by atoms with E-state index >= 15 is 0 Å². The third-order valence-electron chi connectivity index (χ3n) is 2.07. The second-order valence-corrected chi connectivity index (χ2v) is 3.03. The van der Waals surface area contributed by atoms with Crippen molar-refractivity contribution in [1.29, 1.82) is 0 Å². The molecule has 0 unspecified atom stereocenters. The lowest BCUT2D eigenvalue weighted by Gasteiger charge is -2.04. The summed E-state index contributed by atoms with van der Waals surface area (Å²) in [5, 5.41) is 0. The molecule has 0 saturated carbocycles. The minimum Gasteiger partial charge on any atom is -0.0985 e. The predicted molar refractivity (Wildman–Crippen MR) is 65.9 cm³/mol. The number of benzene rings is 1. The van der Waals surface area contributed by atoms with Gasteiger partial charge < -0.3 is 0 Å². The van der Waals surface area contributed by atoms with E-state index in [0.717, 1.165) is 22.3 Å². The average molecular weight is 182 g/mol. The van der Waals surface area contributed by atoms with Crippen LogP contribution in [0.2, 0.25) is 0 Å². The maximum absolute atomic E-state index is 3.91. The summed E-state index contributed by atoms with van der Waals surface area (Å²) in [4.78, 5) is 0. The Morgan fingerprint density at radius 3 is 1.79 bits per heavy atom. The molecule has 0 heteroatoms. The lowest BCUT2D eigenvalue weighted by atomic mass is 10.0. The Bertz CT molecular complexity index is 368. The summed E-state index contributed by atoms with van der Waals surface area (Å²) in [7, 11) is 0. The normalized spacial score (nSPS) is 9.14. The van der Waals surface area contributed by atoms with Gasteiger partial charge in [-0.1, -0.05) is 44.5 Å². The van der Waals surface area contributed by atoms with E-state index < -0.39 is 0 Å². The largest absolute Gasteiger partial charge is 0.0985 e. The highest BCUT2D eigenvalue weighted by Gasteiger charge is 1.98. The molecule has 0 saturated heterocycles. The molecule has 0 nitrogen and oxygen atoms in total. The van der Waals surface area contributed by atoms with Gasteiger partial charge in [0, 0.05) is 0 Å². The summed E-state index contributed by atoms with van der Waals surface area (Å²) in [5.74, 6) is 0. The van der Waals surface area contributed by atoms with E-state index in [0.29, 0.717) is 0 Å². The van der Waals surface area contributed by atoms with Crippen LogP contribution in [0.3, 0.4) is 0 Å². The van der Waals surface area contributed by atoms with Crippen molar-refractivity contribution in [3.05, 3.63) is 67.3 Å². The Hall–Kier alpha value is -1.82. The number of hydrogen-bond acceptors (Lipinski definition) is 0. The smallest absolute Gasteiger partial charge is 0.0178 e. The van der Waals surface area contributed by atoms with Gasteiger partial charge in [0.25, 0.3) is 0 Å². The van der Waals surface area contributed by atoms with Crippen LogP contribution in [0.15, 0.2) is 50.6 Å². The van der Waals surface area contributed by atoms with Crippen molar-refractivity contribution in [2.75, 3.05) is 0 Å². The van der Waals surface area contributed by atoms with Crippen molar-refractivity contribution in [3.8, 4) is 0 Å². The molecule has 0 radical (unpaired) electrons. The summed E-state index contributed by atoms with van der Waals surface area (Å²) in [5.41, 5.74) is 4.12. The quantitative estimate of drug-likeness (QED) is 0.613. The molecule has 0 aliphatic heterocycles. The zero-order valence-corrected chi connectivity index (χ0v) is 8.29. The Kier molecular flexibility index (Phi) is 3.24. The standard InChI is InChI=1S/C14H14/c1-5-11(4)14-9-12(6-2)8-13(7-3)10-14/h5-10H,1-4H2. The van der Waals surface area contributed by atoms with Gasteiger partial charge in [-0.05, 0) is 40.5 Å². The lowest BCUT2D eigenvalue weighted by molar-refractivity contribution is 1.57. The second-order valence-electron chi connectivity index (χ2n) is 3.03. The van der Waals surface area contributed by atoms with Crippen LogP contribution in [0.1, 0.15) is 16.7 Å². The maximum atomic E-state index is 3.91. The minimum absolute atomic E-state index is 0.914. The topological polar surface area (TPSA) is 0 Å². The fourth-order valence-corrected chi connectivity index (χ4v) is 1.22. The van der Waals surface area contributed by atoms with Crippen molar-refractivity contribution in [2.45, 2.75) is 0 Å². The van der Waals surface area contributed by atoms with Crippen LogP contribution in [-0.2, 0) is 0 Å². The molecule has 1 rings (SSSR count). The van der Waals surface area contributed by atoms with Crippen LogP contribution in [0.25, 0.3) is 17.7 Å². The van der Waals surface area contributed by atoms with E-state index in [1.54, 1.807) is 6.08 Å². The van der Waals surface area contributed by atoms with Crippen LogP contribution in [0.5, 0.6) is 0 Å². The molecular weight excluding hydrogens is 168 g/mol. The molecule has 70 valence electrons. The van der Waals surface area contributed by atoms with Gasteiger partial charge in [0.15, 0.2) is 0 Å². The van der Waals surface area contributed by atoms with Crippen molar-refractivity contribution >= 4 is 17.7 Å². The fourth-order valence-electron chi connectivity index (χ4n) is 1.22. The molecule has 0 bridgehead atoms. The molecule has 0 spiro atoms. The molecule has 0 aromatic heterocycles. The molecule has 1 aromatic rings. The second kappa shape index (κ2) is 4.43. The van der Waals surface area contributed by atoms with Gasteiger partial charge >= 0.3 is 0 Å². The van der Waals surface area contributed by atoms with E-state index in [9.17, 15) is 0 Å². The summed E-state index contributed by atoms with van der Waals surface area (Å²) >= 11 is 0. The zero-order valence-electron chi connectivity index (χ0n) is 8.29. The van der Waals surface area contributed by atoms with Crippen LogP contribution in [-0.4, -0.2) is 0 Å². The summed E-state index contributed by atoms with van der Waals surface area (Å²) in [6.07, 6.45) is 5.37. The van der Waals surface area contributed by atoms with Gasteiger partial charge in [-0.15, -0.1) is 0 Å². The van der Waals surface area contributed by atoms with Crippen LogP contribution < -0.4 is 0 Å². The van der Waals surface area contributed by atoms with Gasteiger partial charge in [-0.3, -0.25) is 0 Å². The number of rotatable bonds is 4. The van der Waals surface area contributed by atoms with E-state index in [1.807, 2.05) is 30.4 Å². The minimum atomic E-state index is 0.914. The number of hydrogen-bond donors (Lipinski definition) is 0. The molecule has 1 aromatic carbocycles. The lowest BCUT2D eigenvalue weighted by Crippen LogP contribution is -1.84. The molecule has 0 amide bonds. The van der Waals surface area contributed by atoms with E-state index in [1.165, 1.54) is 0 Å². The summed E-state index contributed by atoms with van der Waals surface area (Å²) in [6.45, 7) is 15.1. The van der Waals surface area contributed by atoms with E-state index in [4.69, 9.17) is 0 Å². The first-order valence-electron chi connectivity index (χ1n) is 4.43. The first-order chi connectivity index (χ1) is 6.71. The van der Waals surface area contributed by atoms with Gasteiger partial charge in [-0.2, -0.15) is 0 Å². The van der Waals surface area contributed by atoms with Crippen molar-refractivity contribution in [3.63, 3.8) is 0 Å². The zero-order chi connectivity index (χ0) is 10.6. The number of allylic oxidation sites excluding steroid dienone is 2. The van der Waals surface area contributed by atoms with Gasteiger partial charge in [-0.25, -0.2) is 0 Å². The molecule has 0 fully saturated rings. The van der Waals surface area contributed by atoms with Crippen molar-refractivity contribution in [2.24, 2.45) is 0 Å². The van der Waals surface area contributed by atoms with Gasteiger partial charge in [0.1, 0.15) is 0 Å². The Balaban J connectivity index is 3.29. The Labute approximate surface area is 85.6 Å². The maximum Gasteiger partial charge on any atom is -0.0178 e. The monoisotopic (exact) mass is 182 g/mol. The summed E-state index contributed by atoms with van der Waals surface area (Å²) in [6, 6.07) is 6.09. The van der Waals surface area contributed by atoms with Crippen LogP contribution >= 0.6 is 0 Å². The predicted octanol–water partition coefficient (Wildman–Crippen LogP) is 4.17. The van der Waals surface area contributed by atoms with Crippen molar-refractivity contribution < 1.29 is 0 Å². The third-order valence-corrected chi connectivity index (χ3v) is 2.07. The van der Waals surface area contributed by atoms with E-state index in [2.05, 4.69) is 26.3 Å². The first-order valence-corrected chi connectivity index (χ1v) is 4.43. The highest BCUT2D eigenvalue weighted by atomic mass is 14.0. The Morgan fingerprint density at radius 2 is 1.43 bits per heavy atom. The van der Waals surface area contributed by atoms with Crippen molar-refractivity contribution in [1.82, 2.24) is 0 Å². The van der Waals surface area contributed by atoms with Crippen LogP contribution in [0, 0.1) is 0 Å². The third kappa shape index (κ3) is 2.11. The summed E-state index contributed by atoms with van der Waals surface area (Å²) < 4.78 is 0. The molecule has 0 heterocycles. The fraction of sp³-hybridized carbons (Fsp3) is 0. The van der Waals surface area contributed by atoms with E-state index in [-0.39, 0.29) is 0 Å². The molecule has 14 heavy (non-hydrogen) atoms. The van der Waals surface area contributed by atoms with Gasteiger partial charge in [0.2, 0.25) is 0 Å². The Morgan fingerprint density at radius 1 is 0.929 bits per heavy atom.